The topological polar surface area (TPSA) is 84.2 Å². The van der Waals surface area contributed by atoms with Crippen molar-refractivity contribution in [3.63, 3.8) is 0 Å². The Morgan fingerprint density at radius 2 is 0.406 bits per heavy atom. The Morgan fingerprint density at radius 1 is 0.133 bits per heavy atom. The zero-order chi connectivity index (χ0) is 84.5. The average Bonchev–Trinajstić information content (AvgIpc) is 1.56. The van der Waals surface area contributed by atoms with Crippen molar-refractivity contribution >= 4 is 98.0 Å². The van der Waals surface area contributed by atoms with E-state index in [9.17, 15) is 0 Å². The fourth-order valence-electron chi connectivity index (χ4n) is 19.0. The number of hydrogen-bond donors (Lipinski definition) is 0. The Labute approximate surface area is 738 Å². The SMILES string of the molecule is c1ccc(-c2cccc(-c3nc(-c4ccccc4)cc(-c4ccc(-n5c6ccccc6c6cc7c(cc65)c5ccccc5n7-c5cccc(-c6ccccc6)c5)cc4)n3)c2)cc1.c1ccc(-c2cccc(-n3c4ccccc4c4cc5c(cc43)c3ccccc3n5-c3ccc(-c4nc(-c5ccccc5)nc(-c5ccc(-c6cccc7ccccc67)cc5)n4)cc3)c2)cc1. The van der Waals surface area contributed by atoms with Crippen LogP contribution in [0.25, 0.3) is 233 Å². The largest absolute Gasteiger partial charge is 0.309 e. The predicted octanol–water partition coefficient (Wildman–Crippen LogP) is 30.6. The second-order valence-electron chi connectivity index (χ2n) is 32.7. The maximum Gasteiger partial charge on any atom is 0.164 e. The number of hydrogen-bond acceptors (Lipinski definition) is 5. The van der Waals surface area contributed by atoms with E-state index in [1.807, 2.05) is 42.5 Å². The minimum atomic E-state index is 0.622. The monoisotopic (exact) mass is 1630 g/mol. The van der Waals surface area contributed by atoms with Crippen LogP contribution in [0.4, 0.5) is 0 Å². The van der Waals surface area contributed by atoms with E-state index in [2.05, 4.69) is 443 Å². The van der Waals surface area contributed by atoms with Crippen molar-refractivity contribution in [3.05, 3.63) is 467 Å². The molecule has 25 rings (SSSR count). The lowest BCUT2D eigenvalue weighted by Crippen LogP contribution is -2.00. The van der Waals surface area contributed by atoms with Crippen molar-refractivity contribution in [2.24, 2.45) is 0 Å². The summed E-state index contributed by atoms with van der Waals surface area (Å²) < 4.78 is 9.65. The average molecular weight is 1630 g/mol. The molecule has 0 aliphatic rings. The first-order valence-corrected chi connectivity index (χ1v) is 43.4. The number of benzene rings is 19. The predicted molar refractivity (Wildman–Crippen MR) is 531 cm³/mol. The third-order valence-corrected chi connectivity index (χ3v) is 25.1. The Kier molecular flexibility index (Phi) is 18.4. The van der Waals surface area contributed by atoms with Gasteiger partial charge in [-0.05, 0) is 177 Å². The highest BCUT2D eigenvalue weighted by Gasteiger charge is 2.24. The normalized spacial score (nSPS) is 11.6. The first-order chi connectivity index (χ1) is 63.4. The summed E-state index contributed by atoms with van der Waals surface area (Å²) in [7, 11) is 0. The van der Waals surface area contributed by atoms with Gasteiger partial charge < -0.3 is 18.3 Å². The van der Waals surface area contributed by atoms with Gasteiger partial charge in [0.15, 0.2) is 23.3 Å². The lowest BCUT2D eigenvalue weighted by atomic mass is 9.97. The van der Waals surface area contributed by atoms with E-state index in [1.54, 1.807) is 0 Å². The Morgan fingerprint density at radius 3 is 0.828 bits per heavy atom. The van der Waals surface area contributed by atoms with Gasteiger partial charge in [0.1, 0.15) is 0 Å². The molecule has 0 bridgehead atoms. The molecular weight excluding hydrogens is 1560 g/mol. The van der Waals surface area contributed by atoms with Crippen LogP contribution < -0.4 is 0 Å². The summed E-state index contributed by atoms with van der Waals surface area (Å²) in [5.41, 5.74) is 30.8. The van der Waals surface area contributed by atoms with Crippen LogP contribution in [-0.2, 0) is 0 Å². The quantitative estimate of drug-likeness (QED) is 0.108. The molecule has 128 heavy (non-hydrogen) atoms. The summed E-state index contributed by atoms with van der Waals surface area (Å²) in [5, 5.41) is 12.2. The molecule has 6 heterocycles. The Bertz CT molecular complexity index is 8570. The van der Waals surface area contributed by atoms with Gasteiger partial charge in [-0.25, -0.2) is 24.9 Å². The fourth-order valence-corrected chi connectivity index (χ4v) is 19.0. The van der Waals surface area contributed by atoms with Crippen molar-refractivity contribution < 1.29 is 0 Å². The second kappa shape index (κ2) is 31.6. The maximum absolute atomic E-state index is 5.22. The van der Waals surface area contributed by atoms with E-state index in [0.29, 0.717) is 23.3 Å². The summed E-state index contributed by atoms with van der Waals surface area (Å²) in [4.78, 5) is 25.6. The van der Waals surface area contributed by atoms with Crippen LogP contribution in [0.5, 0.6) is 0 Å². The van der Waals surface area contributed by atoms with E-state index in [4.69, 9.17) is 24.9 Å². The number of rotatable bonds is 14. The summed E-state index contributed by atoms with van der Waals surface area (Å²) >= 11 is 0. The molecule has 0 aliphatic heterocycles. The molecule has 6 aromatic heterocycles. The Balaban J connectivity index is 0.000000143. The molecule has 0 amide bonds. The third kappa shape index (κ3) is 13.3. The van der Waals surface area contributed by atoms with Gasteiger partial charge in [0.25, 0.3) is 0 Å². The molecule has 0 fully saturated rings. The van der Waals surface area contributed by atoms with Crippen LogP contribution >= 0.6 is 0 Å². The highest BCUT2D eigenvalue weighted by atomic mass is 15.0. The van der Waals surface area contributed by atoms with E-state index >= 15 is 0 Å². The highest BCUT2D eigenvalue weighted by Crippen LogP contribution is 2.45. The fraction of sp³-hybridized carbons (Fsp3) is 0. The standard InChI is InChI=1S/C61H39N5.C58H38N4/c1-3-15-40(16-4-1)46-21-13-22-48(37-46)66-56-28-12-10-25-52(56)54-38-57-53(39-58(54)66)51-24-9-11-27-55(51)65(57)47-35-33-45(34-36-47)61-63-59(43-18-5-2-6-19-43)62-60(64-61)44-31-29-42(30-32-44)50-26-14-20-41-17-7-8-23-49(41)50;1-4-16-39(17-5-1)43-22-14-24-45(34-43)58-59-52(41-20-8-3-9-21-41)38-53(60-58)42-30-32-46(33-31-42)61-54-28-12-10-26-48(54)50-37-57-51(36-56(50)61)49-27-11-13-29-55(49)62(57)47-25-15-23-44(35-47)40-18-6-2-7-19-40/h1-39H;1-38H. The van der Waals surface area contributed by atoms with Crippen LogP contribution in [0.3, 0.4) is 0 Å². The highest BCUT2D eigenvalue weighted by molar-refractivity contribution is 6.21. The zero-order valence-electron chi connectivity index (χ0n) is 69.5. The van der Waals surface area contributed by atoms with E-state index < -0.39 is 0 Å². The summed E-state index contributed by atoms with van der Waals surface area (Å²) in [6.07, 6.45) is 0. The van der Waals surface area contributed by atoms with Crippen LogP contribution in [0.15, 0.2) is 467 Å². The number of nitrogens with zero attached hydrogens (tertiary/aromatic N) is 9. The van der Waals surface area contributed by atoms with Gasteiger partial charge in [-0.3, -0.25) is 0 Å². The molecule has 598 valence electrons. The van der Waals surface area contributed by atoms with Crippen molar-refractivity contribution in [1.29, 1.82) is 0 Å². The van der Waals surface area contributed by atoms with Gasteiger partial charge in [0.05, 0.1) is 55.5 Å². The molecule has 19 aromatic carbocycles. The molecule has 0 radical (unpaired) electrons. The zero-order valence-corrected chi connectivity index (χ0v) is 69.5. The summed E-state index contributed by atoms with van der Waals surface area (Å²) in [6.45, 7) is 0. The van der Waals surface area contributed by atoms with Crippen molar-refractivity contribution in [2.45, 2.75) is 0 Å². The van der Waals surface area contributed by atoms with Crippen molar-refractivity contribution in [3.8, 4) is 135 Å². The minimum Gasteiger partial charge on any atom is -0.309 e. The van der Waals surface area contributed by atoms with Crippen molar-refractivity contribution in [1.82, 2.24) is 43.2 Å². The molecule has 0 saturated heterocycles. The number of fused-ring (bicyclic) bond motifs is 13. The van der Waals surface area contributed by atoms with E-state index in [0.717, 1.165) is 95.2 Å². The summed E-state index contributed by atoms with van der Waals surface area (Å²) in [6, 6.07) is 166. The van der Waals surface area contributed by atoms with Crippen molar-refractivity contribution in [2.75, 3.05) is 0 Å². The molecule has 9 heteroatoms. The molecule has 0 N–H and O–H groups in total. The maximum atomic E-state index is 5.22. The Hall–Kier alpha value is -17.3. The van der Waals surface area contributed by atoms with Gasteiger partial charge in [0.2, 0.25) is 0 Å². The van der Waals surface area contributed by atoms with Crippen LogP contribution in [0, 0.1) is 0 Å². The molecule has 0 saturated carbocycles. The lowest BCUT2D eigenvalue weighted by molar-refractivity contribution is 1.07. The van der Waals surface area contributed by atoms with E-state index in [-0.39, 0.29) is 0 Å². The van der Waals surface area contributed by atoms with Crippen LogP contribution in [0.2, 0.25) is 0 Å². The van der Waals surface area contributed by atoms with Gasteiger partial charge in [-0.15, -0.1) is 0 Å². The van der Waals surface area contributed by atoms with Gasteiger partial charge in [-0.1, -0.05) is 346 Å². The minimum absolute atomic E-state index is 0.622. The van der Waals surface area contributed by atoms with Gasteiger partial charge in [-0.2, -0.15) is 0 Å². The third-order valence-electron chi connectivity index (χ3n) is 25.1. The summed E-state index contributed by atoms with van der Waals surface area (Å²) in [5.74, 6) is 2.58. The molecule has 0 unspecified atom stereocenters. The first kappa shape index (κ1) is 74.6. The number of para-hydroxylation sites is 4. The second-order valence-corrected chi connectivity index (χ2v) is 32.7. The molecule has 9 nitrogen and oxygen atoms in total. The van der Waals surface area contributed by atoms with Crippen LogP contribution in [-0.4, -0.2) is 43.2 Å². The van der Waals surface area contributed by atoms with E-state index in [1.165, 1.54) is 115 Å². The molecular formula is C119H77N9. The molecule has 0 atom stereocenters. The first-order valence-electron chi connectivity index (χ1n) is 43.4. The smallest absolute Gasteiger partial charge is 0.164 e. The molecule has 25 aromatic rings. The van der Waals surface area contributed by atoms with Gasteiger partial charge >= 0.3 is 0 Å². The number of aromatic nitrogens is 9. The van der Waals surface area contributed by atoms with Gasteiger partial charge in [0, 0.05) is 99.2 Å². The lowest BCUT2D eigenvalue weighted by Gasteiger charge is -2.12. The molecule has 0 spiro atoms. The van der Waals surface area contributed by atoms with Crippen LogP contribution in [0.1, 0.15) is 0 Å². The molecule has 0 aliphatic carbocycles.